The van der Waals surface area contributed by atoms with Crippen LogP contribution in [0.3, 0.4) is 0 Å². The predicted octanol–water partition coefficient (Wildman–Crippen LogP) is 5.39. The lowest BCUT2D eigenvalue weighted by Crippen LogP contribution is -2.33. The minimum absolute atomic E-state index is 0. The maximum absolute atomic E-state index is 14.7. The van der Waals surface area contributed by atoms with Crippen LogP contribution < -0.4 is 26.3 Å². The number of oxime groups is 1. The van der Waals surface area contributed by atoms with Crippen molar-refractivity contribution in [2.24, 2.45) is 11.1 Å². The van der Waals surface area contributed by atoms with Gasteiger partial charge in [-0.3, -0.25) is 24.2 Å². The van der Waals surface area contributed by atoms with Crippen LogP contribution in [-0.4, -0.2) is 88.1 Å². The van der Waals surface area contributed by atoms with Gasteiger partial charge in [0.05, 0.1) is 50.4 Å². The molecule has 308 valence electrons. The largest absolute Gasteiger partial charge is 0.442 e. The normalized spacial score (nSPS) is 20.7. The number of ketones is 1. The average molecular weight is 809 g/mol. The Balaban J connectivity index is 0.000000277. The minimum atomic E-state index is -0.550. The number of ether oxygens (including phenoxy) is 2. The van der Waals surface area contributed by atoms with Crippen LogP contribution in [0.1, 0.15) is 88.2 Å². The zero-order valence-electron chi connectivity index (χ0n) is 32.0. The molecule has 56 heavy (non-hydrogen) atoms. The van der Waals surface area contributed by atoms with Crippen molar-refractivity contribution in [3.63, 3.8) is 0 Å². The van der Waals surface area contributed by atoms with Crippen LogP contribution in [0.2, 0.25) is 0 Å². The highest BCUT2D eigenvalue weighted by molar-refractivity contribution is 5.91. The van der Waals surface area contributed by atoms with Crippen LogP contribution in [0.15, 0.2) is 41.6 Å². The Hall–Kier alpha value is -4.87. The highest BCUT2D eigenvalue weighted by Gasteiger charge is 2.34. The second-order valence-electron chi connectivity index (χ2n) is 13.7. The Kier molecular flexibility index (Phi) is 17.9. The Morgan fingerprint density at radius 3 is 1.52 bits per heavy atom. The van der Waals surface area contributed by atoms with Crippen LogP contribution in [0.5, 0.6) is 0 Å². The molecule has 4 aliphatic rings. The molecular weight excluding hydrogens is 758 g/mol. The van der Waals surface area contributed by atoms with Crippen molar-refractivity contribution in [1.29, 1.82) is 0 Å². The highest BCUT2D eigenvalue weighted by Crippen LogP contribution is 2.36. The van der Waals surface area contributed by atoms with Gasteiger partial charge in [-0.25, -0.2) is 24.3 Å². The molecule has 0 bridgehead atoms. The van der Waals surface area contributed by atoms with Crippen LogP contribution in [0.25, 0.3) is 0 Å². The summed E-state index contributed by atoms with van der Waals surface area (Å²) in [5, 5.41) is 9.20. The van der Waals surface area contributed by atoms with Crippen molar-refractivity contribution < 1.29 is 51.9 Å². The third kappa shape index (κ3) is 12.8. The number of nitrogens with one attached hydrogen (secondary N) is 2. The van der Waals surface area contributed by atoms with Gasteiger partial charge in [0.1, 0.15) is 36.7 Å². The number of rotatable bonds is 9. The van der Waals surface area contributed by atoms with Gasteiger partial charge in [0.2, 0.25) is 11.8 Å². The fraction of sp³-hybridized carbons (Fsp3) is 0.526. The molecule has 0 spiro atoms. The quantitative estimate of drug-likeness (QED) is 0.277. The molecule has 0 radical (unpaired) electrons. The SMILES string of the molecule is CC(=O)NC[C@H]1CN(c2ccc(C3CCC(=O)CC3)c(F)c2)C(=O)O1.CON.CON=C1CCC(c2ccc(N3C[C@H](CNC(C)=O)OC3=O)cc2F)CC1.Cl. The van der Waals surface area contributed by atoms with E-state index in [9.17, 15) is 32.8 Å². The third-order valence-corrected chi connectivity index (χ3v) is 9.70. The van der Waals surface area contributed by atoms with Crippen LogP contribution in [0.4, 0.5) is 29.7 Å². The summed E-state index contributed by atoms with van der Waals surface area (Å²) in [6, 6.07) is 9.63. The van der Waals surface area contributed by atoms with E-state index in [0.29, 0.717) is 48.2 Å². The first-order valence-corrected chi connectivity index (χ1v) is 18.2. The molecule has 4 fully saturated rings. The Morgan fingerprint density at radius 1 is 0.768 bits per heavy atom. The molecule has 0 aromatic heterocycles. The molecule has 2 saturated heterocycles. The van der Waals surface area contributed by atoms with E-state index in [0.717, 1.165) is 31.4 Å². The summed E-state index contributed by atoms with van der Waals surface area (Å²) in [5.74, 6) is 3.69. The standard InChI is InChI=1S/C19H24FN3O4.C18H21FN2O4.CH5NO.ClH/c1-12(24)21-10-16-11-23(19(25)27-16)15-7-8-17(18(20)9-15)13-3-5-14(6-4-13)22-26-2;1-11(22)20-9-15-10-21(18(24)25-15)13-4-7-16(17(19)8-13)12-2-5-14(23)6-3-12;1-3-2;/h7-9,13,16H,3-6,10-11H2,1-2H3,(H,21,24);4,7-8,12,15H,2-3,5-6,9-10H2,1H3,(H,20,22);2H2,1H3;1H/t13?,16-;15-;;/m00../s1. The fourth-order valence-electron chi connectivity index (χ4n) is 6.96. The van der Waals surface area contributed by atoms with Crippen LogP contribution in [0, 0.1) is 11.6 Å². The lowest BCUT2D eigenvalue weighted by atomic mass is 9.83. The van der Waals surface area contributed by atoms with Gasteiger partial charge in [-0.15, -0.1) is 12.4 Å². The lowest BCUT2D eigenvalue weighted by molar-refractivity contribution is -0.121. The van der Waals surface area contributed by atoms with Gasteiger partial charge < -0.3 is 29.8 Å². The van der Waals surface area contributed by atoms with E-state index in [4.69, 9.17) is 14.3 Å². The smallest absolute Gasteiger partial charge is 0.414 e. The molecule has 2 saturated carbocycles. The summed E-state index contributed by atoms with van der Waals surface area (Å²) < 4.78 is 39.7. The van der Waals surface area contributed by atoms with E-state index >= 15 is 0 Å². The summed E-state index contributed by atoms with van der Waals surface area (Å²) in [7, 11) is 2.93. The number of carbonyl (C=O) groups excluding carboxylic acids is 5. The van der Waals surface area contributed by atoms with E-state index in [1.807, 2.05) is 0 Å². The van der Waals surface area contributed by atoms with Gasteiger partial charge in [0.15, 0.2) is 0 Å². The fourth-order valence-corrected chi connectivity index (χ4v) is 6.96. The minimum Gasteiger partial charge on any atom is -0.442 e. The maximum Gasteiger partial charge on any atom is 0.414 e. The first-order valence-electron chi connectivity index (χ1n) is 18.2. The molecule has 2 aromatic rings. The van der Waals surface area contributed by atoms with Crippen LogP contribution >= 0.6 is 12.4 Å². The monoisotopic (exact) mass is 808 g/mol. The van der Waals surface area contributed by atoms with Gasteiger partial charge in [-0.2, -0.15) is 0 Å². The first kappa shape index (κ1) is 45.5. The second kappa shape index (κ2) is 22.0. The number of anilines is 2. The number of Topliss-reactive ketones (excluding diaryl/α,β-unsaturated/α-hetero) is 1. The second-order valence-corrected chi connectivity index (χ2v) is 13.7. The zero-order valence-corrected chi connectivity index (χ0v) is 32.8. The van der Waals surface area contributed by atoms with Crippen molar-refractivity contribution in [1.82, 2.24) is 10.6 Å². The molecule has 6 rings (SSSR count). The number of hydrogen-bond acceptors (Lipinski definition) is 11. The zero-order chi connectivity index (χ0) is 40.1. The van der Waals surface area contributed by atoms with Gasteiger partial charge in [-0.05, 0) is 85.8 Å². The number of nitrogens with zero attached hydrogens (tertiary/aromatic N) is 3. The third-order valence-electron chi connectivity index (χ3n) is 9.70. The number of halogens is 3. The molecule has 4 amide bonds. The molecule has 2 aromatic carbocycles. The van der Waals surface area contributed by atoms with Crippen molar-refractivity contribution in [2.75, 3.05) is 50.2 Å². The number of cyclic esters (lactones) is 2. The summed E-state index contributed by atoms with van der Waals surface area (Å²) in [5.41, 5.74) is 3.17. The summed E-state index contributed by atoms with van der Waals surface area (Å²) in [6.45, 7) is 3.80. The number of hydrogen-bond donors (Lipinski definition) is 3. The Morgan fingerprint density at radius 2 is 1.16 bits per heavy atom. The molecule has 2 heterocycles. The van der Waals surface area contributed by atoms with E-state index < -0.39 is 24.4 Å². The lowest BCUT2D eigenvalue weighted by Gasteiger charge is -2.24. The topological polar surface area (TPSA) is 191 Å². The van der Waals surface area contributed by atoms with Crippen molar-refractivity contribution in [3.05, 3.63) is 59.2 Å². The van der Waals surface area contributed by atoms with Crippen molar-refractivity contribution >= 4 is 59.3 Å². The number of benzene rings is 2. The van der Waals surface area contributed by atoms with Gasteiger partial charge >= 0.3 is 12.2 Å². The summed E-state index contributed by atoms with van der Waals surface area (Å²) in [6.07, 6.45) is 3.58. The first-order chi connectivity index (χ1) is 26.3. The van der Waals surface area contributed by atoms with Crippen molar-refractivity contribution in [2.45, 2.75) is 89.3 Å². The maximum atomic E-state index is 14.7. The number of amides is 4. The molecule has 15 nitrogen and oxygen atoms in total. The molecule has 18 heteroatoms. The Bertz CT molecular complexity index is 1710. The average Bonchev–Trinajstić information content (AvgIpc) is 3.72. The van der Waals surface area contributed by atoms with Gasteiger partial charge in [0, 0.05) is 26.7 Å². The van der Waals surface area contributed by atoms with E-state index in [2.05, 4.69) is 26.5 Å². The molecule has 2 aliphatic heterocycles. The van der Waals surface area contributed by atoms with Crippen molar-refractivity contribution in [3.8, 4) is 0 Å². The molecular formula is C38H51ClF2N6O9. The van der Waals surface area contributed by atoms with E-state index in [1.165, 1.54) is 50.0 Å². The van der Waals surface area contributed by atoms with E-state index in [-0.39, 0.29) is 79.7 Å². The van der Waals surface area contributed by atoms with Gasteiger partial charge in [0.25, 0.3) is 0 Å². The molecule has 0 unspecified atom stereocenters. The van der Waals surface area contributed by atoms with E-state index in [1.54, 1.807) is 24.3 Å². The molecule has 2 aliphatic carbocycles. The summed E-state index contributed by atoms with van der Waals surface area (Å²) >= 11 is 0. The summed E-state index contributed by atoms with van der Waals surface area (Å²) in [4.78, 5) is 68.7. The number of carbonyl (C=O) groups is 5. The van der Waals surface area contributed by atoms with Gasteiger partial charge in [-0.1, -0.05) is 17.3 Å². The molecule has 4 N–H and O–H groups in total. The predicted molar refractivity (Wildman–Crippen MR) is 206 cm³/mol. The Labute approximate surface area is 330 Å². The van der Waals surface area contributed by atoms with Crippen LogP contribution in [-0.2, 0) is 33.5 Å². The molecule has 2 atom stereocenters. The number of nitrogens with two attached hydrogens (primary N) is 1. The highest BCUT2D eigenvalue weighted by atomic mass is 35.5.